The van der Waals surface area contributed by atoms with E-state index in [9.17, 15) is 4.57 Å². The second-order valence-electron chi connectivity index (χ2n) is 6.36. The van der Waals surface area contributed by atoms with Crippen LogP contribution in [0.3, 0.4) is 0 Å². The Morgan fingerprint density at radius 2 is 1.06 bits per heavy atom. The molecule has 174 valence electrons. The van der Waals surface area contributed by atoms with Crippen molar-refractivity contribution in [3.8, 4) is 17.2 Å². The van der Waals surface area contributed by atoms with Gasteiger partial charge in [0.15, 0.2) is 5.30 Å². The number of hydrogen-bond donors (Lipinski definition) is 0. The third-order valence-electron chi connectivity index (χ3n) is 4.03. The van der Waals surface area contributed by atoms with E-state index in [1.807, 2.05) is 60.7 Å². The largest absolute Gasteiger partial charge is 2.00 e. The number of para-hydroxylation sites is 1. The van der Waals surface area contributed by atoms with Crippen LogP contribution in [0.1, 0.15) is 0 Å². The van der Waals surface area contributed by atoms with Crippen LogP contribution in [-0.2, 0) is 38.7 Å². The smallest absolute Gasteiger partial charge is 0.593 e. The van der Waals surface area contributed by atoms with Crippen molar-refractivity contribution in [1.82, 2.24) is 0 Å². The minimum atomic E-state index is -3.67. The maximum absolute atomic E-state index is 13.2. The van der Waals surface area contributed by atoms with Gasteiger partial charge in [0.05, 0.1) is 0 Å². The molecule has 7 heteroatoms. The summed E-state index contributed by atoms with van der Waals surface area (Å²) in [7, 11) is -3.67. The molecular formula is C26H24Fe2O4P-. The molecule has 0 fully saturated rings. The Morgan fingerprint density at radius 3 is 1.39 bits per heavy atom. The van der Waals surface area contributed by atoms with E-state index < -0.39 is 7.60 Å². The molecule has 33 heavy (non-hydrogen) atoms. The van der Waals surface area contributed by atoms with Crippen LogP contribution >= 0.6 is 7.60 Å². The van der Waals surface area contributed by atoms with Gasteiger partial charge in [0.1, 0.15) is 0 Å². The molecule has 4 nitrogen and oxygen atoms in total. The zero-order chi connectivity index (χ0) is 21.8. The molecule has 5 rings (SSSR count). The molecule has 0 aliphatic rings. The van der Waals surface area contributed by atoms with Crippen LogP contribution in [-0.4, -0.2) is 5.11 Å². The summed E-state index contributed by atoms with van der Waals surface area (Å²) in [5.41, 5.74) is 0. The normalized spacial score (nSPS) is 9.58. The van der Waals surface area contributed by atoms with Gasteiger partial charge in [-0.15, -0.1) is 24.3 Å². The van der Waals surface area contributed by atoms with Gasteiger partial charge in [0.25, 0.3) is 5.75 Å². The Hall–Kier alpha value is -2.71. The van der Waals surface area contributed by atoms with Crippen molar-refractivity contribution in [1.29, 1.82) is 0 Å². The minimum Gasteiger partial charge on any atom is -0.593 e. The molecule has 0 saturated heterocycles. The fourth-order valence-electron chi connectivity index (χ4n) is 2.58. The zero-order valence-corrected chi connectivity index (χ0v) is 20.7. The molecule has 0 spiro atoms. The van der Waals surface area contributed by atoms with Crippen LogP contribution < -0.4 is 14.4 Å². The second-order valence-corrected chi connectivity index (χ2v) is 8.20. The van der Waals surface area contributed by atoms with Gasteiger partial charge in [0.2, 0.25) is 0 Å². The molecule has 5 aromatic rings. The van der Waals surface area contributed by atoms with Gasteiger partial charge in [-0.2, -0.15) is 36.4 Å². The monoisotopic (exact) mass is 543 g/mol. The summed E-state index contributed by atoms with van der Waals surface area (Å²) in [4.78, 5) is 0. The average Bonchev–Trinajstić information content (AvgIpc) is 3.60. The van der Waals surface area contributed by atoms with Crippen molar-refractivity contribution in [2.24, 2.45) is 0 Å². The summed E-state index contributed by atoms with van der Waals surface area (Å²) >= 11 is 0. The van der Waals surface area contributed by atoms with E-state index in [2.05, 4.69) is 0 Å². The fourth-order valence-corrected chi connectivity index (χ4v) is 4.25. The van der Waals surface area contributed by atoms with E-state index in [0.29, 0.717) is 11.5 Å². The summed E-state index contributed by atoms with van der Waals surface area (Å²) in [5, 5.41) is 8.19. The van der Waals surface area contributed by atoms with Crippen LogP contribution in [0.4, 0.5) is 0 Å². The van der Waals surface area contributed by atoms with E-state index in [1.54, 1.807) is 72.8 Å². The quantitative estimate of drug-likeness (QED) is 0.113. The van der Waals surface area contributed by atoms with Crippen LogP contribution in [0.25, 0.3) is 0 Å². The topological polar surface area (TPSA) is 58.4 Å². The molecule has 0 aliphatic carbocycles. The SMILES string of the molecule is O=P(O[c-]1cccc1)(O[c-]1cccc1)c1ccccc1[OH2+].[Fe+2].[Fe].c1cc[cH-]c1.c1cc[cH-]c1. The maximum Gasteiger partial charge on any atom is 2.00 e. The first-order valence-corrected chi connectivity index (χ1v) is 11.3. The molecule has 5 aromatic carbocycles. The molecule has 0 aliphatic heterocycles. The number of benzene rings is 1. The predicted octanol–water partition coefficient (Wildman–Crippen LogP) is 6.34. The third kappa shape index (κ3) is 9.35. The predicted molar refractivity (Wildman–Crippen MR) is 126 cm³/mol. The molecule has 0 atom stereocenters. The van der Waals surface area contributed by atoms with Gasteiger partial charge in [-0.3, -0.25) is 0 Å². The molecule has 2 N–H and O–H groups in total. The van der Waals surface area contributed by atoms with Crippen molar-refractivity contribution in [3.05, 3.63) is 133 Å². The molecule has 0 aromatic heterocycles. The van der Waals surface area contributed by atoms with Crippen molar-refractivity contribution < 1.29 is 52.9 Å². The van der Waals surface area contributed by atoms with Crippen molar-refractivity contribution >= 4 is 12.9 Å². The maximum atomic E-state index is 13.2. The van der Waals surface area contributed by atoms with Crippen molar-refractivity contribution in [2.75, 3.05) is 0 Å². The Labute approximate surface area is 215 Å². The van der Waals surface area contributed by atoms with Gasteiger partial charge >= 0.3 is 24.7 Å². The molecule has 0 amide bonds. The van der Waals surface area contributed by atoms with Gasteiger partial charge in [-0.25, -0.2) is 53.1 Å². The first kappa shape index (κ1) is 28.3. The second kappa shape index (κ2) is 15.2. The summed E-state index contributed by atoms with van der Waals surface area (Å²) in [5.74, 6) is 1.03. The van der Waals surface area contributed by atoms with Crippen LogP contribution in [0.2, 0.25) is 0 Å². The molecule has 0 saturated carbocycles. The van der Waals surface area contributed by atoms with Gasteiger partial charge in [-0.1, -0.05) is 12.1 Å². The van der Waals surface area contributed by atoms with E-state index >= 15 is 0 Å². The first-order chi connectivity index (χ1) is 15.2. The number of hydrogen-bond acceptors (Lipinski definition) is 3. The molecule has 0 heterocycles. The fraction of sp³-hybridized carbons (Fsp3) is 0. The Bertz CT molecular complexity index is 1020. The van der Waals surface area contributed by atoms with Crippen LogP contribution in [0.5, 0.6) is 17.2 Å². The Balaban J connectivity index is 0.000000375. The Kier molecular flexibility index (Phi) is 13.0. The summed E-state index contributed by atoms with van der Waals surface area (Å²) in [6, 6.07) is 40.5. The van der Waals surface area contributed by atoms with Crippen LogP contribution in [0.15, 0.2) is 133 Å². The third-order valence-corrected chi connectivity index (χ3v) is 5.91. The van der Waals surface area contributed by atoms with Crippen LogP contribution in [0, 0.1) is 0 Å². The van der Waals surface area contributed by atoms with Gasteiger partial charge < -0.3 is 14.2 Å². The molecule has 0 radical (unpaired) electrons. The van der Waals surface area contributed by atoms with E-state index in [-0.39, 0.29) is 45.2 Å². The van der Waals surface area contributed by atoms with Crippen molar-refractivity contribution in [3.63, 3.8) is 0 Å². The van der Waals surface area contributed by atoms with E-state index in [1.165, 1.54) is 0 Å². The summed E-state index contributed by atoms with van der Waals surface area (Å²) in [6.45, 7) is 0. The minimum absolute atomic E-state index is 0. The van der Waals surface area contributed by atoms with Gasteiger partial charge in [-0.05, 0) is 6.07 Å². The van der Waals surface area contributed by atoms with E-state index in [4.69, 9.17) is 14.2 Å². The number of rotatable bonds is 5. The molecular weight excluding hydrogens is 519 g/mol. The molecule has 0 bridgehead atoms. The average molecular weight is 543 g/mol. The molecule has 0 unspecified atom stereocenters. The zero-order valence-electron chi connectivity index (χ0n) is 17.6. The summed E-state index contributed by atoms with van der Waals surface area (Å²) < 4.78 is 24.4. The standard InChI is InChI=1S/C16H13O4P.2C5H5.2Fe/c17-15-11-5-6-12-16(15)21(18,19-13-7-1-2-8-13)20-14-9-3-4-10-14;2*1-2-4-5-3-1;;/h1-12,17H;2*1-5H;;/q-2;2*-1;;+2/p+1. The Morgan fingerprint density at radius 1 is 0.667 bits per heavy atom. The van der Waals surface area contributed by atoms with Gasteiger partial charge in [0, 0.05) is 34.6 Å². The van der Waals surface area contributed by atoms with Crippen molar-refractivity contribution in [2.45, 2.75) is 0 Å². The summed E-state index contributed by atoms with van der Waals surface area (Å²) in [6.07, 6.45) is 0. The van der Waals surface area contributed by atoms with E-state index in [0.717, 1.165) is 0 Å². The first-order valence-electron chi connectivity index (χ1n) is 9.74.